The number of carbonyl (C=O) groups excluding carboxylic acids is 1. The predicted molar refractivity (Wildman–Crippen MR) is 44.0 cm³/mol. The topological polar surface area (TPSA) is 52.3 Å². The Hall–Kier alpha value is -0.570. The van der Waals surface area contributed by atoms with E-state index in [9.17, 15) is 4.79 Å². The zero-order valence-corrected chi connectivity index (χ0v) is 7.63. The molecule has 0 amide bonds. The normalized spacial score (nSPS) is 16.2. The van der Waals surface area contributed by atoms with Crippen molar-refractivity contribution in [3.8, 4) is 0 Å². The average molecular weight is 159 g/mol. The van der Waals surface area contributed by atoms with Gasteiger partial charge in [0.15, 0.2) is 0 Å². The fraction of sp³-hybridized carbons (Fsp3) is 0.875. The van der Waals surface area contributed by atoms with Crippen molar-refractivity contribution in [1.29, 1.82) is 0 Å². The van der Waals surface area contributed by atoms with Gasteiger partial charge in [-0.25, -0.2) is 0 Å². The highest BCUT2D eigenvalue weighted by Gasteiger charge is 2.23. The van der Waals surface area contributed by atoms with E-state index in [1.807, 2.05) is 20.8 Å². The minimum Gasteiger partial charge on any atom is -0.468 e. The first-order chi connectivity index (χ1) is 5.00. The number of esters is 1. The summed E-state index contributed by atoms with van der Waals surface area (Å²) in [5, 5.41) is 0. The lowest BCUT2D eigenvalue weighted by molar-refractivity contribution is -0.143. The Balaban J connectivity index is 4.01. The SMILES string of the molecule is COC(=O)[C@@H](N)C(C)C(C)C. The van der Waals surface area contributed by atoms with E-state index >= 15 is 0 Å². The fourth-order valence-electron chi connectivity index (χ4n) is 0.765. The average Bonchev–Trinajstić information content (AvgIpc) is 2.00. The van der Waals surface area contributed by atoms with E-state index in [0.717, 1.165) is 0 Å². The minimum absolute atomic E-state index is 0.169. The second kappa shape index (κ2) is 4.34. The highest BCUT2D eigenvalue weighted by atomic mass is 16.5. The molecule has 0 bridgehead atoms. The summed E-state index contributed by atoms with van der Waals surface area (Å²) in [5.41, 5.74) is 5.60. The molecule has 0 saturated heterocycles. The third-order valence-electron chi connectivity index (χ3n) is 2.09. The van der Waals surface area contributed by atoms with Crippen molar-refractivity contribution in [3.05, 3.63) is 0 Å². The molecule has 2 atom stereocenters. The third kappa shape index (κ3) is 2.89. The molecule has 0 aromatic heterocycles. The Labute approximate surface area is 67.9 Å². The maximum absolute atomic E-state index is 10.9. The van der Waals surface area contributed by atoms with Gasteiger partial charge in [-0.3, -0.25) is 4.79 Å². The molecular formula is C8H17NO2. The molecule has 0 spiro atoms. The summed E-state index contributed by atoms with van der Waals surface area (Å²) in [6, 6.07) is -0.486. The molecule has 0 aliphatic heterocycles. The summed E-state index contributed by atoms with van der Waals surface area (Å²) in [6.45, 7) is 6.02. The molecule has 0 saturated carbocycles. The minimum atomic E-state index is -0.486. The second-order valence-corrected chi connectivity index (χ2v) is 3.15. The maximum Gasteiger partial charge on any atom is 0.322 e. The van der Waals surface area contributed by atoms with Gasteiger partial charge >= 0.3 is 5.97 Å². The van der Waals surface area contributed by atoms with Crippen molar-refractivity contribution < 1.29 is 9.53 Å². The van der Waals surface area contributed by atoms with Gasteiger partial charge in [-0.15, -0.1) is 0 Å². The summed E-state index contributed by atoms with van der Waals surface area (Å²) in [7, 11) is 1.36. The van der Waals surface area contributed by atoms with E-state index in [4.69, 9.17) is 5.73 Å². The Morgan fingerprint density at radius 3 is 2.09 bits per heavy atom. The molecule has 0 rings (SSSR count). The summed E-state index contributed by atoms with van der Waals surface area (Å²) >= 11 is 0. The molecule has 0 aromatic rings. The molecule has 2 N–H and O–H groups in total. The van der Waals surface area contributed by atoms with Gasteiger partial charge in [-0.1, -0.05) is 20.8 Å². The van der Waals surface area contributed by atoms with Crippen LogP contribution in [0.1, 0.15) is 20.8 Å². The number of hydrogen-bond donors (Lipinski definition) is 1. The molecule has 1 unspecified atom stereocenters. The summed E-state index contributed by atoms with van der Waals surface area (Å²) in [4.78, 5) is 10.9. The lowest BCUT2D eigenvalue weighted by atomic mass is 9.91. The van der Waals surface area contributed by atoms with Gasteiger partial charge in [0, 0.05) is 0 Å². The second-order valence-electron chi connectivity index (χ2n) is 3.15. The van der Waals surface area contributed by atoms with E-state index in [1.165, 1.54) is 7.11 Å². The van der Waals surface area contributed by atoms with Gasteiger partial charge < -0.3 is 10.5 Å². The highest BCUT2D eigenvalue weighted by Crippen LogP contribution is 2.13. The molecule has 0 heterocycles. The van der Waals surface area contributed by atoms with Crippen molar-refractivity contribution in [1.82, 2.24) is 0 Å². The largest absolute Gasteiger partial charge is 0.468 e. The molecule has 3 heteroatoms. The lowest BCUT2D eigenvalue weighted by Crippen LogP contribution is -2.39. The Morgan fingerprint density at radius 1 is 1.36 bits per heavy atom. The van der Waals surface area contributed by atoms with E-state index in [0.29, 0.717) is 5.92 Å². The van der Waals surface area contributed by atoms with Crippen LogP contribution in [0.2, 0.25) is 0 Å². The fourth-order valence-corrected chi connectivity index (χ4v) is 0.765. The zero-order chi connectivity index (χ0) is 9.02. The molecule has 3 nitrogen and oxygen atoms in total. The van der Waals surface area contributed by atoms with E-state index in [-0.39, 0.29) is 11.9 Å². The number of carbonyl (C=O) groups is 1. The van der Waals surface area contributed by atoms with Crippen LogP contribution < -0.4 is 5.73 Å². The van der Waals surface area contributed by atoms with E-state index < -0.39 is 6.04 Å². The van der Waals surface area contributed by atoms with Crippen LogP contribution in [0.3, 0.4) is 0 Å². The number of ether oxygens (including phenoxy) is 1. The molecule has 0 aliphatic carbocycles. The van der Waals surface area contributed by atoms with Crippen LogP contribution >= 0.6 is 0 Å². The first-order valence-electron chi connectivity index (χ1n) is 3.84. The van der Waals surface area contributed by atoms with Crippen LogP contribution in [0.15, 0.2) is 0 Å². The van der Waals surface area contributed by atoms with Crippen LogP contribution in [0.5, 0.6) is 0 Å². The highest BCUT2D eigenvalue weighted by molar-refractivity contribution is 5.75. The van der Waals surface area contributed by atoms with Gasteiger partial charge in [0.2, 0.25) is 0 Å². The molecule has 11 heavy (non-hydrogen) atoms. The molecule has 0 fully saturated rings. The predicted octanol–water partition coefficient (Wildman–Crippen LogP) is 0.779. The van der Waals surface area contributed by atoms with Crippen LogP contribution in [0.25, 0.3) is 0 Å². The number of rotatable bonds is 3. The smallest absolute Gasteiger partial charge is 0.322 e. The van der Waals surface area contributed by atoms with Gasteiger partial charge in [0.05, 0.1) is 7.11 Å². The van der Waals surface area contributed by atoms with Crippen LogP contribution in [0, 0.1) is 11.8 Å². The Kier molecular flexibility index (Phi) is 4.11. The quantitative estimate of drug-likeness (QED) is 0.619. The van der Waals surface area contributed by atoms with Gasteiger partial charge in [-0.05, 0) is 11.8 Å². The summed E-state index contributed by atoms with van der Waals surface area (Å²) in [6.07, 6.45) is 0. The summed E-state index contributed by atoms with van der Waals surface area (Å²) < 4.78 is 4.52. The first kappa shape index (κ1) is 10.4. The molecule has 0 aromatic carbocycles. The first-order valence-corrected chi connectivity index (χ1v) is 3.84. The van der Waals surface area contributed by atoms with Gasteiger partial charge in [0.25, 0.3) is 0 Å². The standard InChI is InChI=1S/C8H17NO2/c1-5(2)6(3)7(9)8(10)11-4/h5-7H,9H2,1-4H3/t6?,7-/m0/s1. The van der Waals surface area contributed by atoms with Crippen LogP contribution in [0.4, 0.5) is 0 Å². The maximum atomic E-state index is 10.9. The van der Waals surface area contributed by atoms with Gasteiger partial charge in [-0.2, -0.15) is 0 Å². The molecule has 0 aliphatic rings. The Morgan fingerprint density at radius 2 is 1.82 bits per heavy atom. The van der Waals surface area contributed by atoms with Crippen LogP contribution in [-0.2, 0) is 9.53 Å². The molecule has 66 valence electrons. The van der Waals surface area contributed by atoms with Crippen molar-refractivity contribution >= 4 is 5.97 Å². The third-order valence-corrected chi connectivity index (χ3v) is 2.09. The number of methoxy groups -OCH3 is 1. The van der Waals surface area contributed by atoms with E-state index in [1.54, 1.807) is 0 Å². The lowest BCUT2D eigenvalue weighted by Gasteiger charge is -2.20. The van der Waals surface area contributed by atoms with Crippen molar-refractivity contribution in [2.75, 3.05) is 7.11 Å². The molecule has 0 radical (unpaired) electrons. The monoisotopic (exact) mass is 159 g/mol. The van der Waals surface area contributed by atoms with Crippen molar-refractivity contribution in [3.63, 3.8) is 0 Å². The zero-order valence-electron chi connectivity index (χ0n) is 7.63. The van der Waals surface area contributed by atoms with E-state index in [2.05, 4.69) is 4.74 Å². The number of hydrogen-bond acceptors (Lipinski definition) is 3. The Bertz CT molecular complexity index is 134. The summed E-state index contributed by atoms with van der Waals surface area (Å²) in [5.74, 6) is 0.248. The van der Waals surface area contributed by atoms with Crippen LogP contribution in [-0.4, -0.2) is 19.1 Å². The van der Waals surface area contributed by atoms with Crippen molar-refractivity contribution in [2.24, 2.45) is 17.6 Å². The number of nitrogens with two attached hydrogens (primary N) is 1. The van der Waals surface area contributed by atoms with Crippen molar-refractivity contribution in [2.45, 2.75) is 26.8 Å². The van der Waals surface area contributed by atoms with Gasteiger partial charge in [0.1, 0.15) is 6.04 Å². The molecular weight excluding hydrogens is 142 g/mol.